The largest absolute Gasteiger partial charge is 0.358 e. The van der Waals surface area contributed by atoms with Gasteiger partial charge in [-0.2, -0.15) is 0 Å². The van der Waals surface area contributed by atoms with Crippen molar-refractivity contribution >= 4 is 30.4 Å². The van der Waals surface area contributed by atoms with Crippen molar-refractivity contribution in [2.24, 2.45) is 5.73 Å². The van der Waals surface area contributed by atoms with Crippen LogP contribution in [0.2, 0.25) is 0 Å². The standard InChI is InChI=1S/C12H27N.C8H23NO12P4/c1-2-3-4-5-6-7-8-9-10-11-12-13;1-3-5-8(24(16,17)18,25(19,20)21)9(6-4-2)7(22(10,11)12)23(13,14)15/h2-13H2,1H3;7H,3-6H2,1-2H3,(H2,10,11,12)(H2,13,14,15)(H2,16,17,18)(H2,19,20,21). The molecule has 0 bridgehead atoms. The summed E-state index contributed by atoms with van der Waals surface area (Å²) in [5.74, 6) is 0. The highest BCUT2D eigenvalue weighted by Gasteiger charge is 2.68. The molecule has 0 spiro atoms. The zero-order chi connectivity index (χ0) is 30.3. The zero-order valence-corrected chi connectivity index (χ0v) is 26.3. The number of nitrogens with zero attached hydrogens (tertiary/aromatic N) is 1. The average molecular weight is 635 g/mol. The van der Waals surface area contributed by atoms with Crippen molar-refractivity contribution in [1.29, 1.82) is 0 Å². The van der Waals surface area contributed by atoms with Crippen LogP contribution in [0.1, 0.15) is 104 Å². The molecule has 0 heterocycles. The Hall–Kier alpha value is 0.520. The molecule has 0 unspecified atom stereocenters. The van der Waals surface area contributed by atoms with Gasteiger partial charge in [0.25, 0.3) is 0 Å². The third-order valence-corrected chi connectivity index (χ3v) is 13.8. The van der Waals surface area contributed by atoms with E-state index in [1.54, 1.807) is 0 Å². The van der Waals surface area contributed by atoms with Crippen molar-refractivity contribution in [2.75, 3.05) is 13.1 Å². The minimum absolute atomic E-state index is 0.0976. The second-order valence-electron chi connectivity index (χ2n) is 9.30. The number of hydrogen-bond acceptors (Lipinski definition) is 6. The number of rotatable bonds is 20. The molecule has 0 atom stereocenters. The maximum Gasteiger partial charge on any atom is 0.358 e. The summed E-state index contributed by atoms with van der Waals surface area (Å²) in [4.78, 5) is 75.9. The summed E-state index contributed by atoms with van der Waals surface area (Å²) in [6.45, 7) is 4.97. The monoisotopic (exact) mass is 634 g/mol. The molecule has 18 heteroatoms. The molecule has 0 saturated carbocycles. The zero-order valence-electron chi connectivity index (χ0n) is 22.7. The molecule has 38 heavy (non-hydrogen) atoms. The van der Waals surface area contributed by atoms with Crippen LogP contribution in [0, 0.1) is 0 Å². The molecule has 0 amide bonds. The fourth-order valence-electron chi connectivity index (χ4n) is 4.19. The van der Waals surface area contributed by atoms with Gasteiger partial charge in [-0.15, -0.1) is 0 Å². The SMILES string of the molecule is CCCCCCCCCCCCN.CCCN(C(P(=O)(O)O)P(=O)(O)O)C(CCC)(P(=O)(O)O)P(=O)(O)O. The summed E-state index contributed by atoms with van der Waals surface area (Å²) in [5, 5.41) is -3.49. The van der Waals surface area contributed by atoms with Gasteiger partial charge in [0.2, 0.25) is 10.5 Å². The summed E-state index contributed by atoms with van der Waals surface area (Å²) < 4.78 is 47.3. The Morgan fingerprint density at radius 3 is 1.24 bits per heavy atom. The van der Waals surface area contributed by atoms with Crippen LogP contribution in [0.15, 0.2) is 0 Å². The Morgan fingerprint density at radius 2 is 0.974 bits per heavy atom. The summed E-state index contributed by atoms with van der Waals surface area (Å²) >= 11 is 0. The van der Waals surface area contributed by atoms with E-state index in [0.717, 1.165) is 6.54 Å². The second kappa shape index (κ2) is 18.9. The molecular formula is C20H50N2O12P4. The van der Waals surface area contributed by atoms with Gasteiger partial charge in [-0.3, -0.25) is 23.2 Å². The van der Waals surface area contributed by atoms with E-state index in [-0.39, 0.29) is 17.7 Å². The maximum absolute atomic E-state index is 12.0. The Kier molecular flexibility index (Phi) is 20.2. The van der Waals surface area contributed by atoms with Crippen LogP contribution in [0.4, 0.5) is 0 Å². The van der Waals surface area contributed by atoms with Gasteiger partial charge in [0.1, 0.15) is 0 Å². The Labute approximate surface area is 226 Å². The predicted octanol–water partition coefficient (Wildman–Crippen LogP) is 4.01. The topological polar surface area (TPSA) is 259 Å². The Balaban J connectivity index is 0. The van der Waals surface area contributed by atoms with E-state index < -0.39 is 53.9 Å². The van der Waals surface area contributed by atoms with Gasteiger partial charge in [-0.1, -0.05) is 85.0 Å². The van der Waals surface area contributed by atoms with Gasteiger partial charge >= 0.3 is 30.4 Å². The van der Waals surface area contributed by atoms with E-state index in [4.69, 9.17) is 5.73 Å². The van der Waals surface area contributed by atoms with E-state index in [1.165, 1.54) is 78.1 Å². The lowest BCUT2D eigenvalue weighted by molar-refractivity contribution is 0.135. The third kappa shape index (κ3) is 13.9. The molecule has 0 aromatic carbocycles. The predicted molar refractivity (Wildman–Crippen MR) is 147 cm³/mol. The molecule has 232 valence electrons. The molecule has 10 N–H and O–H groups in total. The highest BCUT2D eigenvalue weighted by molar-refractivity contribution is 7.73. The van der Waals surface area contributed by atoms with Crippen LogP contribution >= 0.6 is 30.4 Å². The van der Waals surface area contributed by atoms with Crippen LogP contribution in [0.3, 0.4) is 0 Å². The molecule has 0 aliphatic rings. The third-order valence-electron chi connectivity index (χ3n) is 5.88. The first-order valence-corrected chi connectivity index (χ1v) is 19.6. The summed E-state index contributed by atoms with van der Waals surface area (Å²) in [5.41, 5.74) is 2.31. The van der Waals surface area contributed by atoms with Gasteiger partial charge in [0.05, 0.1) is 0 Å². The minimum Gasteiger partial charge on any atom is -0.330 e. The first-order valence-electron chi connectivity index (χ1n) is 13.0. The molecule has 14 nitrogen and oxygen atoms in total. The summed E-state index contributed by atoms with van der Waals surface area (Å²) in [7, 11) is -23.2. The smallest absolute Gasteiger partial charge is 0.330 e. The van der Waals surface area contributed by atoms with E-state index in [0.29, 0.717) is 0 Å². The van der Waals surface area contributed by atoms with Crippen molar-refractivity contribution < 1.29 is 57.4 Å². The first kappa shape index (κ1) is 40.7. The van der Waals surface area contributed by atoms with Crippen LogP contribution in [-0.2, 0) is 18.3 Å². The van der Waals surface area contributed by atoms with Crippen molar-refractivity contribution in [2.45, 2.75) is 115 Å². The van der Waals surface area contributed by atoms with Crippen molar-refractivity contribution in [3.8, 4) is 0 Å². The highest BCUT2D eigenvalue weighted by Crippen LogP contribution is 2.76. The van der Waals surface area contributed by atoms with Gasteiger partial charge < -0.3 is 44.9 Å². The summed E-state index contributed by atoms with van der Waals surface area (Å²) in [6, 6.07) is 0. The molecule has 0 rings (SSSR count). The molecule has 0 fully saturated rings. The summed E-state index contributed by atoms with van der Waals surface area (Å²) in [6.07, 6.45) is 12.6. The fraction of sp³-hybridized carbons (Fsp3) is 1.00. The molecule has 0 aliphatic heterocycles. The first-order chi connectivity index (χ1) is 17.3. The maximum atomic E-state index is 12.0. The quantitative estimate of drug-likeness (QED) is 0.0677. The fourth-order valence-corrected chi connectivity index (χ4v) is 11.0. The second-order valence-corrected chi connectivity index (χ2v) is 17.1. The minimum atomic E-state index is -5.85. The van der Waals surface area contributed by atoms with Crippen LogP contribution < -0.4 is 5.73 Å². The van der Waals surface area contributed by atoms with Crippen LogP contribution in [-0.4, -0.2) is 67.7 Å². The van der Waals surface area contributed by atoms with Crippen molar-refractivity contribution in [3.05, 3.63) is 0 Å². The van der Waals surface area contributed by atoms with Gasteiger partial charge in [-0.25, -0.2) is 0 Å². The average Bonchev–Trinajstić information content (AvgIpc) is 2.73. The lowest BCUT2D eigenvalue weighted by Gasteiger charge is -2.46. The lowest BCUT2D eigenvalue weighted by atomic mass is 10.1. The van der Waals surface area contributed by atoms with E-state index in [1.807, 2.05) is 0 Å². The van der Waals surface area contributed by atoms with Gasteiger partial charge in [0, 0.05) is 6.54 Å². The Bertz CT molecular complexity index is 769. The van der Waals surface area contributed by atoms with Gasteiger partial charge in [-0.05, 0) is 25.8 Å². The van der Waals surface area contributed by atoms with Crippen LogP contribution in [0.5, 0.6) is 0 Å². The molecule has 0 radical (unpaired) electrons. The van der Waals surface area contributed by atoms with E-state index >= 15 is 0 Å². The Morgan fingerprint density at radius 1 is 0.605 bits per heavy atom. The van der Waals surface area contributed by atoms with Gasteiger partial charge in [0.15, 0.2) is 0 Å². The molecular weight excluding hydrogens is 584 g/mol. The molecule has 0 aromatic heterocycles. The van der Waals surface area contributed by atoms with Crippen LogP contribution in [0.25, 0.3) is 0 Å². The molecule has 0 aliphatic carbocycles. The normalized spacial score (nSPS) is 13.6. The van der Waals surface area contributed by atoms with E-state index in [2.05, 4.69) is 6.92 Å². The lowest BCUT2D eigenvalue weighted by Crippen LogP contribution is -2.53. The highest BCUT2D eigenvalue weighted by atomic mass is 31.2. The number of hydrogen-bond donors (Lipinski definition) is 9. The number of nitrogens with two attached hydrogens (primary N) is 1. The van der Waals surface area contributed by atoms with E-state index in [9.17, 15) is 57.4 Å². The number of unbranched alkanes of at least 4 members (excludes halogenated alkanes) is 9. The molecule has 0 saturated heterocycles. The van der Waals surface area contributed by atoms with Crippen molar-refractivity contribution in [3.63, 3.8) is 0 Å². The van der Waals surface area contributed by atoms with Crippen molar-refractivity contribution in [1.82, 2.24) is 4.90 Å². The molecule has 0 aromatic rings.